The molecular weight excluding hydrogens is 236 g/mol. The lowest BCUT2D eigenvalue weighted by Crippen LogP contribution is -2.48. The lowest BCUT2D eigenvalue weighted by atomic mass is 9.63. The molecule has 2 saturated carbocycles. The molecule has 0 bridgehead atoms. The number of hydrogen-bond donors (Lipinski definition) is 1. The summed E-state index contributed by atoms with van der Waals surface area (Å²) in [7, 11) is 0. The largest absolute Gasteiger partial charge is 0.481 e. The van der Waals surface area contributed by atoms with E-state index in [1.54, 1.807) is 0 Å². The maximum absolute atomic E-state index is 12.0. The summed E-state index contributed by atoms with van der Waals surface area (Å²) in [5.74, 6) is -2.41. The fourth-order valence-electron chi connectivity index (χ4n) is 3.41. The minimum absolute atomic E-state index is 0.0236. The van der Waals surface area contributed by atoms with Crippen LogP contribution in [0.15, 0.2) is 0 Å². The summed E-state index contributed by atoms with van der Waals surface area (Å²) in [6.45, 7) is 1.35. The van der Waals surface area contributed by atoms with Crippen molar-refractivity contribution in [1.82, 2.24) is 0 Å². The summed E-state index contributed by atoms with van der Waals surface area (Å²) in [6.07, 6.45) is 2.68. The second-order valence-electron chi connectivity index (χ2n) is 5.22. The molecule has 0 unspecified atom stereocenters. The van der Waals surface area contributed by atoms with Crippen LogP contribution in [0.2, 0.25) is 0 Å². The van der Waals surface area contributed by atoms with E-state index in [0.717, 1.165) is 12.8 Å². The van der Waals surface area contributed by atoms with Crippen molar-refractivity contribution in [2.45, 2.75) is 45.1 Å². The minimum atomic E-state index is -0.901. The summed E-state index contributed by atoms with van der Waals surface area (Å²) in [6, 6.07) is 0. The zero-order chi connectivity index (χ0) is 13.3. The molecule has 0 radical (unpaired) electrons. The summed E-state index contributed by atoms with van der Waals surface area (Å²) in [4.78, 5) is 34.3. The van der Waals surface area contributed by atoms with Crippen molar-refractivity contribution in [1.29, 1.82) is 0 Å². The van der Waals surface area contributed by atoms with Crippen molar-refractivity contribution < 1.29 is 24.2 Å². The van der Waals surface area contributed by atoms with Crippen LogP contribution in [-0.2, 0) is 19.1 Å². The Morgan fingerprint density at radius 2 is 2.00 bits per heavy atom. The highest BCUT2D eigenvalue weighted by Gasteiger charge is 2.48. The zero-order valence-electron chi connectivity index (χ0n) is 10.4. The average Bonchev–Trinajstić information content (AvgIpc) is 2.31. The second kappa shape index (κ2) is 5.08. The molecule has 2 aliphatic carbocycles. The molecule has 0 aliphatic heterocycles. The SMILES string of the molecule is CC(=O)O[C@@H]1CCC(=O)[C@H]2[C@@H]1CCC[C@@H]2C(=O)O. The predicted octanol–water partition coefficient (Wildman–Crippen LogP) is 1.40. The lowest BCUT2D eigenvalue weighted by molar-refractivity contribution is -0.164. The monoisotopic (exact) mass is 254 g/mol. The average molecular weight is 254 g/mol. The first-order valence-electron chi connectivity index (χ1n) is 6.43. The van der Waals surface area contributed by atoms with Gasteiger partial charge in [0.1, 0.15) is 11.9 Å². The van der Waals surface area contributed by atoms with E-state index in [9.17, 15) is 19.5 Å². The number of rotatable bonds is 2. The molecule has 5 heteroatoms. The summed E-state index contributed by atoms with van der Waals surface area (Å²) >= 11 is 0. The highest BCUT2D eigenvalue weighted by atomic mass is 16.5. The van der Waals surface area contributed by atoms with Gasteiger partial charge in [-0.3, -0.25) is 14.4 Å². The third kappa shape index (κ3) is 2.40. The van der Waals surface area contributed by atoms with Crippen LogP contribution in [0.25, 0.3) is 0 Å². The van der Waals surface area contributed by atoms with Crippen LogP contribution in [0.4, 0.5) is 0 Å². The van der Waals surface area contributed by atoms with E-state index in [0.29, 0.717) is 19.3 Å². The third-order valence-electron chi connectivity index (χ3n) is 4.11. The molecule has 18 heavy (non-hydrogen) atoms. The Kier molecular flexibility index (Phi) is 3.68. The van der Waals surface area contributed by atoms with Crippen molar-refractivity contribution in [2.24, 2.45) is 17.8 Å². The van der Waals surface area contributed by atoms with E-state index in [2.05, 4.69) is 0 Å². The fourth-order valence-corrected chi connectivity index (χ4v) is 3.41. The molecule has 0 amide bonds. The van der Waals surface area contributed by atoms with E-state index < -0.39 is 17.8 Å². The van der Waals surface area contributed by atoms with Gasteiger partial charge in [0, 0.05) is 25.2 Å². The number of fused-ring (bicyclic) bond motifs is 1. The first-order chi connectivity index (χ1) is 8.50. The van der Waals surface area contributed by atoms with Crippen molar-refractivity contribution in [3.63, 3.8) is 0 Å². The first kappa shape index (κ1) is 13.1. The van der Waals surface area contributed by atoms with Crippen molar-refractivity contribution in [2.75, 3.05) is 0 Å². The van der Waals surface area contributed by atoms with Gasteiger partial charge in [0.2, 0.25) is 0 Å². The summed E-state index contributed by atoms with van der Waals surface area (Å²) < 4.78 is 5.25. The van der Waals surface area contributed by atoms with Gasteiger partial charge in [0.05, 0.1) is 5.92 Å². The van der Waals surface area contributed by atoms with E-state index in [-0.39, 0.29) is 23.8 Å². The number of carboxylic acids is 1. The third-order valence-corrected chi connectivity index (χ3v) is 4.11. The van der Waals surface area contributed by atoms with E-state index in [4.69, 9.17) is 4.74 Å². The maximum atomic E-state index is 12.0. The molecule has 0 aromatic heterocycles. The molecule has 5 nitrogen and oxygen atoms in total. The molecule has 2 fully saturated rings. The molecule has 100 valence electrons. The Morgan fingerprint density at radius 3 is 2.61 bits per heavy atom. The second-order valence-corrected chi connectivity index (χ2v) is 5.22. The minimum Gasteiger partial charge on any atom is -0.481 e. The number of ether oxygens (including phenoxy) is 1. The molecule has 0 aromatic rings. The number of esters is 1. The van der Waals surface area contributed by atoms with Gasteiger partial charge in [-0.05, 0) is 19.3 Å². The first-order valence-corrected chi connectivity index (χ1v) is 6.43. The maximum Gasteiger partial charge on any atom is 0.307 e. The number of hydrogen-bond acceptors (Lipinski definition) is 4. The number of carboxylic acid groups (broad SMARTS) is 1. The molecule has 1 N–H and O–H groups in total. The molecule has 0 saturated heterocycles. The van der Waals surface area contributed by atoms with Crippen LogP contribution in [0.3, 0.4) is 0 Å². The number of ketones is 1. The standard InChI is InChI=1S/C13H18O5/c1-7(14)18-11-6-5-10(15)12-8(11)3-2-4-9(12)13(16)17/h8-9,11-12H,2-6H2,1H3,(H,16,17)/t8-,9+,11-,12+/m1/s1. The fraction of sp³-hybridized carbons (Fsp3) is 0.769. The number of carbonyl (C=O) groups is 3. The number of carbonyl (C=O) groups excluding carboxylic acids is 2. The lowest BCUT2D eigenvalue weighted by Gasteiger charge is -2.42. The Bertz CT molecular complexity index is 376. The Hall–Kier alpha value is -1.39. The molecule has 4 atom stereocenters. The molecule has 0 spiro atoms. The normalized spacial score (nSPS) is 35.7. The Balaban J connectivity index is 2.20. The number of aliphatic carboxylic acids is 1. The van der Waals surface area contributed by atoms with Crippen LogP contribution in [-0.4, -0.2) is 28.9 Å². The van der Waals surface area contributed by atoms with E-state index >= 15 is 0 Å². The number of Topliss-reactive ketones (excluding diaryl/α,β-unsaturated/α-hetero) is 1. The van der Waals surface area contributed by atoms with Crippen LogP contribution in [0.5, 0.6) is 0 Å². The van der Waals surface area contributed by atoms with Crippen LogP contribution in [0.1, 0.15) is 39.0 Å². The summed E-state index contributed by atoms with van der Waals surface area (Å²) in [5.41, 5.74) is 0. The Labute approximate surface area is 105 Å². The summed E-state index contributed by atoms with van der Waals surface area (Å²) in [5, 5.41) is 9.20. The van der Waals surface area contributed by atoms with Gasteiger partial charge in [-0.1, -0.05) is 6.42 Å². The van der Waals surface area contributed by atoms with Gasteiger partial charge < -0.3 is 9.84 Å². The van der Waals surface area contributed by atoms with Crippen LogP contribution < -0.4 is 0 Å². The molecular formula is C13H18O5. The van der Waals surface area contributed by atoms with Crippen molar-refractivity contribution in [3.8, 4) is 0 Å². The van der Waals surface area contributed by atoms with E-state index in [1.165, 1.54) is 6.92 Å². The highest BCUT2D eigenvalue weighted by molar-refractivity contribution is 5.87. The molecule has 2 rings (SSSR count). The van der Waals surface area contributed by atoms with Crippen LogP contribution in [0, 0.1) is 17.8 Å². The van der Waals surface area contributed by atoms with Crippen molar-refractivity contribution >= 4 is 17.7 Å². The van der Waals surface area contributed by atoms with Crippen LogP contribution >= 0.6 is 0 Å². The molecule has 0 heterocycles. The quantitative estimate of drug-likeness (QED) is 0.753. The zero-order valence-corrected chi connectivity index (χ0v) is 10.4. The molecule has 2 aliphatic rings. The Morgan fingerprint density at radius 1 is 1.28 bits per heavy atom. The topological polar surface area (TPSA) is 80.7 Å². The van der Waals surface area contributed by atoms with E-state index in [1.807, 2.05) is 0 Å². The van der Waals surface area contributed by atoms with Gasteiger partial charge >= 0.3 is 11.9 Å². The predicted molar refractivity (Wildman–Crippen MR) is 61.8 cm³/mol. The van der Waals surface area contributed by atoms with Gasteiger partial charge in [0.25, 0.3) is 0 Å². The van der Waals surface area contributed by atoms with Gasteiger partial charge in [-0.2, -0.15) is 0 Å². The van der Waals surface area contributed by atoms with Crippen molar-refractivity contribution in [3.05, 3.63) is 0 Å². The highest BCUT2D eigenvalue weighted by Crippen LogP contribution is 2.43. The van der Waals surface area contributed by atoms with Gasteiger partial charge in [-0.25, -0.2) is 0 Å². The molecule has 0 aromatic carbocycles. The van der Waals surface area contributed by atoms with Gasteiger partial charge in [-0.15, -0.1) is 0 Å². The smallest absolute Gasteiger partial charge is 0.307 e. The van der Waals surface area contributed by atoms with Gasteiger partial charge in [0.15, 0.2) is 0 Å².